The van der Waals surface area contributed by atoms with Gasteiger partial charge in [0.15, 0.2) is 5.43 Å². The summed E-state index contributed by atoms with van der Waals surface area (Å²) < 4.78 is 16.2. The van der Waals surface area contributed by atoms with Gasteiger partial charge in [0, 0.05) is 11.6 Å². The molecule has 0 atom stereocenters. The Morgan fingerprint density at radius 2 is 1.77 bits per heavy atom. The smallest absolute Gasteiger partial charge is 0.197 e. The highest BCUT2D eigenvalue weighted by molar-refractivity contribution is 5.85. The van der Waals surface area contributed by atoms with Crippen LogP contribution in [0.2, 0.25) is 0 Å². The highest BCUT2D eigenvalue weighted by Crippen LogP contribution is 2.30. The normalized spacial score (nSPS) is 10.6. The maximum atomic E-state index is 12.4. The van der Waals surface area contributed by atoms with Gasteiger partial charge >= 0.3 is 0 Å². The number of rotatable bonds is 3. The van der Waals surface area contributed by atoms with Crippen LogP contribution in [0.5, 0.6) is 11.5 Å². The predicted octanol–water partition coefficient (Wildman–Crippen LogP) is 3.06. The van der Waals surface area contributed by atoms with Crippen LogP contribution < -0.4 is 20.6 Å². The van der Waals surface area contributed by atoms with Crippen LogP contribution in [0.1, 0.15) is 0 Å². The molecule has 0 unspecified atom stereocenters. The van der Waals surface area contributed by atoms with Gasteiger partial charge in [0.2, 0.25) is 0 Å². The molecule has 1 aromatic heterocycles. The Morgan fingerprint density at radius 3 is 2.45 bits per heavy atom. The monoisotopic (exact) mass is 297 g/mol. The first kappa shape index (κ1) is 14.0. The molecule has 0 amide bonds. The molecule has 0 bridgehead atoms. The first-order chi connectivity index (χ1) is 10.6. The Hall–Kier alpha value is -2.95. The Kier molecular flexibility index (Phi) is 3.47. The van der Waals surface area contributed by atoms with Crippen LogP contribution in [0.15, 0.2) is 51.7 Å². The van der Waals surface area contributed by atoms with Crippen LogP contribution in [0.25, 0.3) is 22.3 Å². The van der Waals surface area contributed by atoms with Crippen molar-refractivity contribution < 1.29 is 13.9 Å². The third-order valence-corrected chi connectivity index (χ3v) is 3.45. The maximum absolute atomic E-state index is 12.4. The fourth-order valence-electron chi connectivity index (χ4n) is 2.38. The third kappa shape index (κ3) is 2.26. The fraction of sp³-hybridized carbons (Fsp3) is 0.118. The van der Waals surface area contributed by atoms with Crippen LogP contribution >= 0.6 is 0 Å². The van der Waals surface area contributed by atoms with E-state index >= 15 is 0 Å². The molecule has 0 aliphatic carbocycles. The molecule has 112 valence electrons. The Bertz CT molecular complexity index is 899. The number of anilines is 1. The summed E-state index contributed by atoms with van der Waals surface area (Å²) in [5, 5.41) is 0.426. The van der Waals surface area contributed by atoms with Crippen molar-refractivity contribution in [2.45, 2.75) is 0 Å². The Balaban J connectivity index is 2.21. The molecule has 1 heterocycles. The van der Waals surface area contributed by atoms with Gasteiger partial charge < -0.3 is 19.6 Å². The summed E-state index contributed by atoms with van der Waals surface area (Å²) in [4.78, 5) is 12.4. The molecule has 0 aliphatic heterocycles. The van der Waals surface area contributed by atoms with E-state index in [1.807, 2.05) is 0 Å². The second-order valence-corrected chi connectivity index (χ2v) is 4.77. The lowest BCUT2D eigenvalue weighted by atomic mass is 10.1. The number of nitrogens with two attached hydrogens (primary N) is 1. The number of hydrogen-bond donors (Lipinski definition) is 1. The summed E-state index contributed by atoms with van der Waals surface area (Å²) in [6.07, 6.45) is 0. The lowest BCUT2D eigenvalue weighted by molar-refractivity contribution is 0.417. The van der Waals surface area contributed by atoms with Crippen molar-refractivity contribution in [3.05, 3.63) is 52.7 Å². The summed E-state index contributed by atoms with van der Waals surface area (Å²) in [7, 11) is 3.07. The second-order valence-electron chi connectivity index (χ2n) is 4.77. The third-order valence-electron chi connectivity index (χ3n) is 3.45. The van der Waals surface area contributed by atoms with Gasteiger partial charge in [0.05, 0.1) is 19.9 Å². The van der Waals surface area contributed by atoms with Crippen molar-refractivity contribution in [1.29, 1.82) is 0 Å². The molecule has 2 N–H and O–H groups in total. The van der Waals surface area contributed by atoms with Crippen LogP contribution in [0, 0.1) is 0 Å². The number of ether oxygens (including phenoxy) is 2. The maximum Gasteiger partial charge on any atom is 0.197 e. The molecule has 5 nitrogen and oxygen atoms in total. The SMILES string of the molecule is COc1ccc(-c2cc(=O)c3c(OC)cccc3o2)cc1N. The van der Waals surface area contributed by atoms with E-state index in [-0.39, 0.29) is 5.43 Å². The van der Waals surface area contributed by atoms with E-state index in [2.05, 4.69) is 0 Å². The number of methoxy groups -OCH3 is 2. The quantitative estimate of drug-likeness (QED) is 0.752. The standard InChI is InChI=1S/C17H15NO4/c1-20-13-7-6-10(8-11(13)18)16-9-12(19)17-14(21-2)4-3-5-15(17)22-16/h3-9H,18H2,1-2H3. The first-order valence-electron chi connectivity index (χ1n) is 6.69. The zero-order valence-corrected chi connectivity index (χ0v) is 12.3. The first-order valence-corrected chi connectivity index (χ1v) is 6.69. The van der Waals surface area contributed by atoms with Gasteiger partial charge in [0.25, 0.3) is 0 Å². The molecule has 2 aromatic carbocycles. The minimum absolute atomic E-state index is 0.164. The molecule has 3 rings (SSSR count). The van der Waals surface area contributed by atoms with Gasteiger partial charge in [-0.3, -0.25) is 4.79 Å². The van der Waals surface area contributed by atoms with Gasteiger partial charge in [-0.2, -0.15) is 0 Å². The highest BCUT2D eigenvalue weighted by Gasteiger charge is 2.12. The van der Waals surface area contributed by atoms with Gasteiger partial charge in [-0.1, -0.05) is 6.07 Å². The van der Waals surface area contributed by atoms with E-state index in [0.29, 0.717) is 39.5 Å². The molecule has 5 heteroatoms. The molecule has 0 saturated carbocycles. The van der Waals surface area contributed by atoms with Gasteiger partial charge in [-0.15, -0.1) is 0 Å². The summed E-state index contributed by atoms with van der Waals surface area (Å²) in [6, 6.07) is 11.9. The van der Waals surface area contributed by atoms with Crippen molar-refractivity contribution in [1.82, 2.24) is 0 Å². The van der Waals surface area contributed by atoms with E-state index in [1.54, 1.807) is 43.5 Å². The fourth-order valence-corrected chi connectivity index (χ4v) is 2.38. The van der Waals surface area contributed by atoms with E-state index in [1.165, 1.54) is 13.2 Å². The molecule has 22 heavy (non-hydrogen) atoms. The zero-order chi connectivity index (χ0) is 15.7. The van der Waals surface area contributed by atoms with Gasteiger partial charge in [-0.25, -0.2) is 0 Å². The van der Waals surface area contributed by atoms with Crippen LogP contribution in [0.4, 0.5) is 5.69 Å². The molecular formula is C17H15NO4. The van der Waals surface area contributed by atoms with Gasteiger partial charge in [0.1, 0.15) is 28.2 Å². The van der Waals surface area contributed by atoms with Crippen molar-refractivity contribution in [3.63, 3.8) is 0 Å². The molecule has 0 spiro atoms. The van der Waals surface area contributed by atoms with Crippen molar-refractivity contribution in [2.24, 2.45) is 0 Å². The zero-order valence-electron chi connectivity index (χ0n) is 12.3. The van der Waals surface area contributed by atoms with Crippen molar-refractivity contribution >= 4 is 16.7 Å². The van der Waals surface area contributed by atoms with E-state index in [9.17, 15) is 4.79 Å². The molecular weight excluding hydrogens is 282 g/mol. The minimum Gasteiger partial charge on any atom is -0.496 e. The van der Waals surface area contributed by atoms with Gasteiger partial charge in [-0.05, 0) is 30.3 Å². The largest absolute Gasteiger partial charge is 0.496 e. The van der Waals surface area contributed by atoms with Crippen LogP contribution in [0.3, 0.4) is 0 Å². The van der Waals surface area contributed by atoms with E-state index in [4.69, 9.17) is 19.6 Å². The number of hydrogen-bond acceptors (Lipinski definition) is 5. The summed E-state index contributed by atoms with van der Waals surface area (Å²) >= 11 is 0. The molecule has 0 aliphatic rings. The lowest BCUT2D eigenvalue weighted by Gasteiger charge is -2.08. The van der Waals surface area contributed by atoms with E-state index in [0.717, 1.165) is 0 Å². The number of benzene rings is 2. The Labute approximate surface area is 126 Å². The van der Waals surface area contributed by atoms with Crippen LogP contribution in [-0.2, 0) is 0 Å². The number of fused-ring (bicyclic) bond motifs is 1. The van der Waals surface area contributed by atoms with Crippen LogP contribution in [-0.4, -0.2) is 14.2 Å². The molecule has 0 saturated heterocycles. The highest BCUT2D eigenvalue weighted by atomic mass is 16.5. The molecule has 3 aromatic rings. The minimum atomic E-state index is -0.164. The summed E-state index contributed by atoms with van der Waals surface area (Å²) in [6.45, 7) is 0. The second kappa shape index (κ2) is 5.44. The number of nitrogen functional groups attached to an aromatic ring is 1. The van der Waals surface area contributed by atoms with Crippen molar-refractivity contribution in [3.8, 4) is 22.8 Å². The van der Waals surface area contributed by atoms with Crippen molar-refractivity contribution in [2.75, 3.05) is 20.0 Å². The molecule has 0 radical (unpaired) electrons. The Morgan fingerprint density at radius 1 is 1.00 bits per heavy atom. The average Bonchev–Trinajstić information content (AvgIpc) is 2.54. The molecule has 0 fully saturated rings. The average molecular weight is 297 g/mol. The predicted molar refractivity (Wildman–Crippen MR) is 85.4 cm³/mol. The topological polar surface area (TPSA) is 74.7 Å². The summed E-state index contributed by atoms with van der Waals surface area (Å²) in [5.41, 5.74) is 7.39. The van der Waals surface area contributed by atoms with E-state index < -0.39 is 0 Å². The lowest BCUT2D eigenvalue weighted by Crippen LogP contribution is -2.02. The summed E-state index contributed by atoms with van der Waals surface area (Å²) in [5.74, 6) is 1.51.